The number of aliphatic hydroxyl groups is 10. The zero-order valence-electron chi connectivity index (χ0n) is 38.4. The van der Waals surface area contributed by atoms with Crippen LogP contribution in [0.4, 0.5) is 0 Å². The van der Waals surface area contributed by atoms with Gasteiger partial charge in [0, 0.05) is 22.2 Å². The normalized spacial score (nSPS) is 59.0. The summed E-state index contributed by atoms with van der Waals surface area (Å²) in [5.74, 6) is 0.319. The van der Waals surface area contributed by atoms with Crippen LogP contribution >= 0.6 is 0 Å². The van der Waals surface area contributed by atoms with Crippen molar-refractivity contribution in [2.24, 2.45) is 50.2 Å². The van der Waals surface area contributed by atoms with E-state index in [1.807, 2.05) is 6.92 Å². The number of allylic oxidation sites excluding steroid dienone is 1. The Bertz CT molecular complexity index is 1750. The molecule has 0 aromatic carbocycles. The standard InChI is InChI=1S/C47H76O17/c1-22-30(52)36(63-40-37(33(55)32(54)24(18-48)61-40)64-38-34(56)31(53)23(50)19-58-38)35(57)39(60-22)62-29-10-11-42(4)25(43(29,5)20-49)8-12-44(6)26(42)9-13-47-27-16-41(2,3)14-15-46(27,21-59-47)28(51)17-45(44,47)7/h9,13,22-40,48-57H,8,10-12,14-21H2,1-7H3. The zero-order valence-corrected chi connectivity index (χ0v) is 38.4. The monoisotopic (exact) mass is 913 g/mol. The average molecular weight is 913 g/mol. The summed E-state index contributed by atoms with van der Waals surface area (Å²) in [6, 6.07) is 0. The van der Waals surface area contributed by atoms with Crippen molar-refractivity contribution in [3.05, 3.63) is 12.2 Å². The summed E-state index contributed by atoms with van der Waals surface area (Å²) < 4.78 is 43.2. The highest BCUT2D eigenvalue weighted by atomic mass is 16.8. The largest absolute Gasteiger partial charge is 0.396 e. The van der Waals surface area contributed by atoms with Gasteiger partial charge in [-0.3, -0.25) is 0 Å². The van der Waals surface area contributed by atoms with Gasteiger partial charge in [-0.05, 0) is 86.4 Å². The summed E-state index contributed by atoms with van der Waals surface area (Å²) in [5.41, 5.74) is -2.19. The Hall–Kier alpha value is -0.940. The number of ether oxygens (including phenoxy) is 7. The summed E-state index contributed by atoms with van der Waals surface area (Å²) in [6.07, 6.45) is -11.2. The summed E-state index contributed by atoms with van der Waals surface area (Å²) >= 11 is 0. The van der Waals surface area contributed by atoms with Gasteiger partial charge in [0.2, 0.25) is 0 Å². The first-order valence-electron chi connectivity index (χ1n) is 23.9. The Labute approximate surface area is 376 Å². The molecule has 4 heterocycles. The lowest BCUT2D eigenvalue weighted by Crippen LogP contribution is -2.72. The van der Waals surface area contributed by atoms with Gasteiger partial charge in [0.05, 0.1) is 50.3 Å². The Balaban J connectivity index is 0.954. The molecule has 2 bridgehead atoms. The average Bonchev–Trinajstić information content (AvgIpc) is 3.52. The minimum atomic E-state index is -1.80. The van der Waals surface area contributed by atoms with E-state index in [1.54, 1.807) is 6.92 Å². The fourth-order valence-electron chi connectivity index (χ4n) is 15.5. The Morgan fingerprint density at radius 1 is 0.672 bits per heavy atom. The third-order valence-electron chi connectivity index (χ3n) is 19.6. The maximum Gasteiger partial charge on any atom is 0.187 e. The Morgan fingerprint density at radius 3 is 2.09 bits per heavy atom. The Morgan fingerprint density at radius 2 is 1.39 bits per heavy atom. The first-order valence-corrected chi connectivity index (χ1v) is 23.9. The highest BCUT2D eigenvalue weighted by Gasteiger charge is 2.79. The van der Waals surface area contributed by atoms with Gasteiger partial charge in [0.15, 0.2) is 18.9 Å². The van der Waals surface area contributed by atoms with Crippen molar-refractivity contribution < 1.29 is 84.2 Å². The maximum absolute atomic E-state index is 12.2. The molecule has 4 saturated heterocycles. The summed E-state index contributed by atoms with van der Waals surface area (Å²) in [6.45, 7) is 14.7. The van der Waals surface area contributed by atoms with Crippen molar-refractivity contribution in [3.63, 3.8) is 0 Å². The van der Waals surface area contributed by atoms with E-state index in [1.165, 1.54) is 0 Å². The first kappa shape index (κ1) is 48.1. The molecule has 9 aliphatic rings. The van der Waals surface area contributed by atoms with Gasteiger partial charge in [0.25, 0.3) is 0 Å². The van der Waals surface area contributed by atoms with E-state index in [2.05, 4.69) is 46.8 Å². The molecule has 17 heteroatoms. The van der Waals surface area contributed by atoms with Crippen LogP contribution in [-0.2, 0) is 33.2 Å². The molecule has 8 fully saturated rings. The fraction of sp³-hybridized carbons (Fsp3) is 0.957. The van der Waals surface area contributed by atoms with Crippen molar-refractivity contribution in [3.8, 4) is 0 Å². The number of aliphatic hydroxyl groups excluding tert-OH is 10. The van der Waals surface area contributed by atoms with Gasteiger partial charge in [-0.15, -0.1) is 0 Å². The third-order valence-corrected chi connectivity index (χ3v) is 19.6. The molecule has 10 N–H and O–H groups in total. The molecule has 25 atom stereocenters. The molecule has 366 valence electrons. The van der Waals surface area contributed by atoms with E-state index in [0.717, 1.165) is 38.5 Å². The molecule has 17 nitrogen and oxygen atoms in total. The summed E-state index contributed by atoms with van der Waals surface area (Å²) in [7, 11) is 0. The highest BCUT2D eigenvalue weighted by molar-refractivity contribution is 5.36. The molecule has 0 amide bonds. The zero-order chi connectivity index (χ0) is 46.3. The molecule has 1 spiro atoms. The number of fused-ring (bicyclic) bond motifs is 4. The smallest absolute Gasteiger partial charge is 0.187 e. The summed E-state index contributed by atoms with van der Waals surface area (Å²) in [5, 5.41) is 110. The van der Waals surface area contributed by atoms with Crippen molar-refractivity contribution >= 4 is 0 Å². The van der Waals surface area contributed by atoms with Crippen molar-refractivity contribution in [2.75, 3.05) is 26.4 Å². The molecule has 9 rings (SSSR count). The van der Waals surface area contributed by atoms with Crippen LogP contribution in [0.25, 0.3) is 0 Å². The van der Waals surface area contributed by atoms with E-state index in [9.17, 15) is 51.1 Å². The van der Waals surface area contributed by atoms with E-state index in [-0.39, 0.29) is 51.4 Å². The second-order valence-corrected chi connectivity index (χ2v) is 23.3. The molecular formula is C47H76O17. The van der Waals surface area contributed by atoms with Crippen LogP contribution in [0.3, 0.4) is 0 Å². The van der Waals surface area contributed by atoms with Gasteiger partial charge in [-0.1, -0.05) is 53.7 Å². The van der Waals surface area contributed by atoms with Crippen molar-refractivity contribution in [2.45, 2.75) is 204 Å². The van der Waals surface area contributed by atoms with E-state index in [0.29, 0.717) is 19.4 Å². The van der Waals surface area contributed by atoms with Crippen molar-refractivity contribution in [1.82, 2.24) is 0 Å². The van der Waals surface area contributed by atoms with Crippen LogP contribution in [0.2, 0.25) is 0 Å². The molecule has 0 radical (unpaired) electrons. The Kier molecular flexibility index (Phi) is 12.3. The molecule has 0 aromatic heterocycles. The second kappa shape index (κ2) is 16.3. The number of hydrogen-bond acceptors (Lipinski definition) is 17. The van der Waals surface area contributed by atoms with Gasteiger partial charge in [-0.2, -0.15) is 0 Å². The fourth-order valence-corrected chi connectivity index (χ4v) is 15.5. The van der Waals surface area contributed by atoms with Crippen LogP contribution in [0, 0.1) is 50.2 Å². The first-order chi connectivity index (χ1) is 30.0. The molecule has 4 saturated carbocycles. The quantitative estimate of drug-likeness (QED) is 0.116. The molecule has 4 aliphatic heterocycles. The topological polar surface area (TPSA) is 267 Å². The van der Waals surface area contributed by atoms with Crippen LogP contribution in [-0.4, -0.2) is 181 Å². The lowest BCUT2D eigenvalue weighted by molar-refractivity contribution is -0.387. The molecule has 25 unspecified atom stereocenters. The van der Waals surface area contributed by atoms with E-state index in [4.69, 9.17) is 33.2 Å². The lowest BCUT2D eigenvalue weighted by Gasteiger charge is -2.73. The number of rotatable bonds is 8. The second-order valence-electron chi connectivity index (χ2n) is 23.3. The van der Waals surface area contributed by atoms with Crippen LogP contribution < -0.4 is 0 Å². The minimum Gasteiger partial charge on any atom is -0.396 e. The van der Waals surface area contributed by atoms with Crippen LogP contribution in [0.15, 0.2) is 12.2 Å². The van der Waals surface area contributed by atoms with Crippen LogP contribution in [0.1, 0.15) is 99.8 Å². The molecule has 64 heavy (non-hydrogen) atoms. The summed E-state index contributed by atoms with van der Waals surface area (Å²) in [4.78, 5) is 0. The molecule has 0 aromatic rings. The lowest BCUT2D eigenvalue weighted by atomic mass is 9.32. The predicted molar refractivity (Wildman–Crippen MR) is 223 cm³/mol. The van der Waals surface area contributed by atoms with Gasteiger partial charge >= 0.3 is 0 Å². The van der Waals surface area contributed by atoms with Gasteiger partial charge in [0.1, 0.15) is 61.0 Å². The van der Waals surface area contributed by atoms with Crippen molar-refractivity contribution in [1.29, 1.82) is 0 Å². The SMILES string of the molecule is CC1OC(OC2CCC3(C)C(CCC4(C)C3C=CC35OCC6(CCC(C)(C)CC63)C(O)CC45C)C2(C)CO)C(O)C(OC2OC(CO)C(O)C(O)C2OC2OCC(O)C(O)C2O)C1O. The van der Waals surface area contributed by atoms with Gasteiger partial charge < -0.3 is 84.2 Å². The third kappa shape index (κ3) is 6.72. The predicted octanol–water partition coefficient (Wildman–Crippen LogP) is 0.240. The minimum absolute atomic E-state index is 0.0144. The number of hydrogen-bond donors (Lipinski definition) is 10. The molecule has 5 aliphatic carbocycles. The van der Waals surface area contributed by atoms with E-state index < -0.39 is 122 Å². The van der Waals surface area contributed by atoms with E-state index >= 15 is 0 Å². The van der Waals surface area contributed by atoms with Gasteiger partial charge in [-0.25, -0.2) is 0 Å². The highest BCUT2D eigenvalue weighted by Crippen LogP contribution is 2.79. The maximum atomic E-state index is 12.2. The molecular weight excluding hydrogens is 837 g/mol. The van der Waals surface area contributed by atoms with Crippen LogP contribution in [0.5, 0.6) is 0 Å².